The van der Waals surface area contributed by atoms with E-state index < -0.39 is 47.9 Å². The second-order valence-electron chi connectivity index (χ2n) is 9.34. The Bertz CT molecular complexity index is 988. The van der Waals surface area contributed by atoms with Crippen LogP contribution in [0.1, 0.15) is 52.5 Å². The van der Waals surface area contributed by atoms with Crippen LogP contribution < -0.4 is 21.7 Å². The van der Waals surface area contributed by atoms with Gasteiger partial charge in [-0.1, -0.05) is 57.2 Å². The Balaban J connectivity index is 2.95. The zero-order chi connectivity index (χ0) is 29.9. The van der Waals surface area contributed by atoms with Crippen LogP contribution in [0.5, 0.6) is 0 Å². The van der Waals surface area contributed by atoms with Crippen LogP contribution in [0.25, 0.3) is 0 Å². The Kier molecular flexibility index (Phi) is 16.8. The van der Waals surface area contributed by atoms with Crippen molar-refractivity contribution in [3.63, 3.8) is 0 Å². The van der Waals surface area contributed by atoms with Gasteiger partial charge in [-0.15, -0.1) is 0 Å². The molecular weight excluding hydrogens is 536 g/mol. The average Bonchev–Trinajstić information content (AvgIpc) is 2.91. The van der Waals surface area contributed by atoms with Crippen LogP contribution in [-0.2, 0) is 35.3 Å². The van der Waals surface area contributed by atoms with Gasteiger partial charge in [0.15, 0.2) is 0 Å². The summed E-state index contributed by atoms with van der Waals surface area (Å²) in [7, 11) is 0. The lowest BCUT2D eigenvalue weighted by molar-refractivity contribution is -0.137. The van der Waals surface area contributed by atoms with Gasteiger partial charge >= 0.3 is 12.1 Å². The number of nitrogens with one attached hydrogen (secondary N) is 3. The zero-order valence-electron chi connectivity index (χ0n) is 23.6. The van der Waals surface area contributed by atoms with E-state index in [0.29, 0.717) is 12.2 Å². The van der Waals surface area contributed by atoms with Gasteiger partial charge in [0.1, 0.15) is 18.7 Å². The molecule has 0 aliphatic carbocycles. The second kappa shape index (κ2) is 19.5. The van der Waals surface area contributed by atoms with E-state index in [0.717, 1.165) is 5.56 Å². The molecule has 1 rings (SSSR count). The lowest BCUT2D eigenvalue weighted by Gasteiger charge is -2.25. The molecule has 0 saturated heterocycles. The van der Waals surface area contributed by atoms with Crippen molar-refractivity contribution in [3.8, 4) is 0 Å². The van der Waals surface area contributed by atoms with Gasteiger partial charge < -0.3 is 31.2 Å². The number of ether oxygens (including phenoxy) is 2. The van der Waals surface area contributed by atoms with Crippen molar-refractivity contribution >= 4 is 41.5 Å². The monoisotopic (exact) mass is 578 g/mol. The summed E-state index contributed by atoms with van der Waals surface area (Å²) in [4.78, 5) is 62.0. The van der Waals surface area contributed by atoms with E-state index in [4.69, 9.17) is 15.2 Å². The molecule has 0 bridgehead atoms. The maximum absolute atomic E-state index is 13.2. The third kappa shape index (κ3) is 15.2. The first-order valence-corrected chi connectivity index (χ1v) is 14.5. The minimum Gasteiger partial charge on any atom is -0.463 e. The quantitative estimate of drug-likeness (QED) is 0.152. The first-order chi connectivity index (χ1) is 19.0. The van der Waals surface area contributed by atoms with Crippen LogP contribution >= 0.6 is 11.8 Å². The number of alkyl carbamates (subject to hydrolysis) is 1. The first kappa shape index (κ1) is 34.5. The third-order valence-corrected chi connectivity index (χ3v) is 6.41. The highest BCUT2D eigenvalue weighted by Gasteiger charge is 2.28. The molecule has 0 heterocycles. The summed E-state index contributed by atoms with van der Waals surface area (Å²) in [5, 5.41) is 8.12. The summed E-state index contributed by atoms with van der Waals surface area (Å²) in [6.45, 7) is 7.65. The fraction of sp³-hybridized carbons (Fsp3) is 0.536. The predicted molar refractivity (Wildman–Crippen MR) is 154 cm³/mol. The van der Waals surface area contributed by atoms with Gasteiger partial charge in [-0.25, -0.2) is 9.59 Å². The van der Waals surface area contributed by atoms with Crippen LogP contribution in [0.15, 0.2) is 42.5 Å². The molecule has 5 N–H and O–H groups in total. The van der Waals surface area contributed by atoms with Crippen molar-refractivity contribution in [1.82, 2.24) is 16.0 Å². The number of hydrogen-bond acceptors (Lipinski definition) is 8. The Morgan fingerprint density at radius 2 is 1.62 bits per heavy atom. The SMILES string of the molecule is CCOC(=O)/C=C/[C@H](CCC(N)=O)NC(=O)[C@H](CSCC)NC(=O)[C@H](CC(C)C)NC(=O)OCc1ccccc1. The molecule has 0 saturated carbocycles. The highest BCUT2D eigenvalue weighted by Crippen LogP contribution is 2.10. The Morgan fingerprint density at radius 3 is 2.23 bits per heavy atom. The predicted octanol–water partition coefficient (Wildman–Crippen LogP) is 2.44. The summed E-state index contributed by atoms with van der Waals surface area (Å²) in [5.74, 6) is -1.15. The largest absolute Gasteiger partial charge is 0.463 e. The molecule has 222 valence electrons. The molecule has 12 heteroatoms. The Morgan fingerprint density at radius 1 is 0.950 bits per heavy atom. The lowest BCUT2D eigenvalue weighted by Crippen LogP contribution is -2.56. The van der Waals surface area contributed by atoms with Crippen LogP contribution in [0.2, 0.25) is 0 Å². The fourth-order valence-electron chi connectivity index (χ4n) is 3.48. The zero-order valence-corrected chi connectivity index (χ0v) is 24.5. The number of thioether (sulfide) groups is 1. The number of nitrogens with two attached hydrogens (primary N) is 1. The minimum atomic E-state index is -0.943. The number of hydrogen-bond donors (Lipinski definition) is 4. The molecule has 0 fully saturated rings. The molecule has 40 heavy (non-hydrogen) atoms. The average molecular weight is 579 g/mol. The molecule has 4 amide bonds. The standard InChI is InChI=1S/C28H42N4O7S/c1-5-38-25(34)15-13-21(12-14-24(29)33)30-27(36)23(18-40-6-2)31-26(35)22(16-19(3)4)32-28(37)39-17-20-10-8-7-9-11-20/h7-11,13,15,19,21-23H,5-6,12,14,16-18H2,1-4H3,(H2,29,33)(H,30,36)(H,31,35)(H,32,37)/b15-13+/t21-,22-,23-/m0/s1. The van der Waals surface area contributed by atoms with Crippen LogP contribution in [0.3, 0.4) is 0 Å². The fourth-order valence-corrected chi connectivity index (χ4v) is 4.19. The molecule has 3 atom stereocenters. The summed E-state index contributed by atoms with van der Waals surface area (Å²) in [6, 6.07) is 6.57. The summed E-state index contributed by atoms with van der Waals surface area (Å²) >= 11 is 1.45. The maximum Gasteiger partial charge on any atom is 0.408 e. The molecule has 0 aliphatic heterocycles. The van der Waals surface area contributed by atoms with Crippen molar-refractivity contribution < 1.29 is 33.4 Å². The van der Waals surface area contributed by atoms with E-state index in [1.54, 1.807) is 6.92 Å². The molecule has 0 spiro atoms. The molecular formula is C28H42N4O7S. The molecule has 0 aromatic heterocycles. The Hall–Kier alpha value is -3.54. The number of amides is 4. The van der Waals surface area contributed by atoms with Gasteiger partial charge in [0, 0.05) is 24.3 Å². The number of rotatable bonds is 18. The summed E-state index contributed by atoms with van der Waals surface area (Å²) in [5.41, 5.74) is 6.07. The molecule has 11 nitrogen and oxygen atoms in total. The van der Waals surface area contributed by atoms with E-state index in [-0.39, 0.29) is 37.7 Å². The summed E-state index contributed by atoms with van der Waals surface area (Å²) < 4.78 is 10.1. The van der Waals surface area contributed by atoms with Gasteiger partial charge in [0.25, 0.3) is 0 Å². The Labute approximate surface area is 240 Å². The van der Waals surface area contributed by atoms with Crippen molar-refractivity contribution in [1.29, 1.82) is 0 Å². The van der Waals surface area contributed by atoms with Gasteiger partial charge in [-0.2, -0.15) is 11.8 Å². The van der Waals surface area contributed by atoms with Crippen LogP contribution in [0, 0.1) is 5.92 Å². The number of carbonyl (C=O) groups excluding carboxylic acids is 5. The normalized spacial score (nSPS) is 13.2. The number of benzene rings is 1. The number of carbonyl (C=O) groups is 5. The van der Waals surface area contributed by atoms with Crippen molar-refractivity contribution in [2.24, 2.45) is 11.7 Å². The third-order valence-electron chi connectivity index (χ3n) is 5.43. The molecule has 1 aromatic carbocycles. The van der Waals surface area contributed by atoms with Crippen LogP contribution in [-0.4, -0.2) is 66.0 Å². The smallest absolute Gasteiger partial charge is 0.408 e. The molecule has 0 unspecified atom stereocenters. The number of primary amides is 1. The van der Waals surface area contributed by atoms with Crippen LogP contribution in [0.4, 0.5) is 4.79 Å². The molecule has 0 radical (unpaired) electrons. The first-order valence-electron chi connectivity index (χ1n) is 13.3. The maximum atomic E-state index is 13.2. The topological polar surface area (TPSA) is 166 Å². The number of esters is 1. The van der Waals surface area contributed by atoms with E-state index in [9.17, 15) is 24.0 Å². The molecule has 0 aliphatic rings. The van der Waals surface area contributed by atoms with Crippen molar-refractivity contribution in [3.05, 3.63) is 48.0 Å². The van der Waals surface area contributed by atoms with Crippen molar-refractivity contribution in [2.75, 3.05) is 18.1 Å². The minimum absolute atomic E-state index is 0.0235. The van der Waals surface area contributed by atoms with E-state index in [2.05, 4.69) is 16.0 Å². The van der Waals surface area contributed by atoms with E-state index in [1.165, 1.54) is 23.9 Å². The van der Waals surface area contributed by atoms with Gasteiger partial charge in [-0.05, 0) is 37.0 Å². The highest BCUT2D eigenvalue weighted by atomic mass is 32.2. The lowest BCUT2D eigenvalue weighted by atomic mass is 10.0. The van der Waals surface area contributed by atoms with Gasteiger partial charge in [0.2, 0.25) is 17.7 Å². The summed E-state index contributed by atoms with van der Waals surface area (Å²) in [6.07, 6.45) is 2.31. The van der Waals surface area contributed by atoms with E-state index in [1.807, 2.05) is 51.1 Å². The van der Waals surface area contributed by atoms with Crippen molar-refractivity contribution in [2.45, 2.75) is 71.7 Å². The van der Waals surface area contributed by atoms with Gasteiger partial charge in [-0.3, -0.25) is 14.4 Å². The second-order valence-corrected chi connectivity index (χ2v) is 10.7. The molecule has 1 aromatic rings. The van der Waals surface area contributed by atoms with E-state index >= 15 is 0 Å². The highest BCUT2D eigenvalue weighted by molar-refractivity contribution is 7.99. The van der Waals surface area contributed by atoms with Gasteiger partial charge in [0.05, 0.1) is 6.61 Å².